The predicted octanol–water partition coefficient (Wildman–Crippen LogP) is 7.62. The normalized spacial score (nSPS) is 21.3. The van der Waals surface area contributed by atoms with Crippen LogP contribution >= 0.6 is 0 Å². The fraction of sp³-hybridized carbons (Fsp3) is 0.281. The lowest BCUT2D eigenvalue weighted by atomic mass is 9.67. The molecule has 2 unspecified atom stereocenters. The SMILES string of the molecule is C=C(C)C1CC(=O)C(C)=C(C2(N)CCc3ccc(Oc4ccccc4-c4cc(F)cc(F)c4F)cc3C2)C1. The summed E-state index contributed by atoms with van der Waals surface area (Å²) in [5.74, 6) is -2.27. The number of halogens is 3. The molecule has 0 aromatic heterocycles. The molecule has 2 aliphatic rings. The lowest BCUT2D eigenvalue weighted by molar-refractivity contribution is -0.116. The minimum Gasteiger partial charge on any atom is -0.457 e. The average molecular weight is 518 g/mol. The van der Waals surface area contributed by atoms with Crippen LogP contribution in [0, 0.1) is 23.4 Å². The average Bonchev–Trinajstić information content (AvgIpc) is 2.87. The van der Waals surface area contributed by atoms with Crippen LogP contribution in [0.15, 0.2) is 77.9 Å². The molecule has 0 saturated carbocycles. The number of allylic oxidation sites excluding steroid dienone is 2. The minimum atomic E-state index is -1.26. The molecule has 0 spiro atoms. The molecule has 196 valence electrons. The summed E-state index contributed by atoms with van der Waals surface area (Å²) in [7, 11) is 0. The first kappa shape index (κ1) is 26.0. The molecule has 6 heteroatoms. The van der Waals surface area contributed by atoms with Crippen LogP contribution in [-0.4, -0.2) is 11.3 Å². The van der Waals surface area contributed by atoms with Gasteiger partial charge in [-0.15, -0.1) is 0 Å². The van der Waals surface area contributed by atoms with Gasteiger partial charge in [-0.1, -0.05) is 36.4 Å². The number of carbonyl (C=O) groups excluding carboxylic acids is 1. The zero-order valence-electron chi connectivity index (χ0n) is 21.5. The first-order chi connectivity index (χ1) is 18.1. The summed E-state index contributed by atoms with van der Waals surface area (Å²) >= 11 is 0. The first-order valence-electron chi connectivity index (χ1n) is 12.8. The van der Waals surface area contributed by atoms with Crippen LogP contribution in [0.25, 0.3) is 11.1 Å². The van der Waals surface area contributed by atoms with Gasteiger partial charge in [-0.3, -0.25) is 4.79 Å². The van der Waals surface area contributed by atoms with Crippen molar-refractivity contribution in [3.8, 4) is 22.6 Å². The van der Waals surface area contributed by atoms with Gasteiger partial charge >= 0.3 is 0 Å². The van der Waals surface area contributed by atoms with Crippen molar-refractivity contribution in [3.05, 3.63) is 106 Å². The molecule has 0 bridgehead atoms. The maximum absolute atomic E-state index is 14.6. The molecule has 3 aromatic carbocycles. The Kier molecular flexibility index (Phi) is 6.78. The molecule has 2 aliphatic carbocycles. The minimum absolute atomic E-state index is 0.0993. The van der Waals surface area contributed by atoms with Crippen molar-refractivity contribution in [1.29, 1.82) is 0 Å². The van der Waals surface area contributed by atoms with E-state index in [0.717, 1.165) is 53.2 Å². The largest absolute Gasteiger partial charge is 0.457 e. The molecule has 3 aromatic rings. The highest BCUT2D eigenvalue weighted by Gasteiger charge is 2.39. The molecular formula is C32H30F3NO2. The number of Topliss-reactive ketones (excluding diaryl/α,β-unsaturated/α-hetero) is 1. The van der Waals surface area contributed by atoms with E-state index >= 15 is 0 Å². The van der Waals surface area contributed by atoms with E-state index in [1.807, 2.05) is 32.0 Å². The van der Waals surface area contributed by atoms with Crippen LogP contribution in [0.4, 0.5) is 13.2 Å². The first-order valence-corrected chi connectivity index (χ1v) is 12.8. The summed E-state index contributed by atoms with van der Waals surface area (Å²) in [6.45, 7) is 7.91. The molecule has 38 heavy (non-hydrogen) atoms. The van der Waals surface area contributed by atoms with Crippen LogP contribution in [0.3, 0.4) is 0 Å². The molecule has 0 saturated heterocycles. The third-order valence-electron chi connectivity index (χ3n) is 7.97. The number of benzene rings is 3. The second-order valence-corrected chi connectivity index (χ2v) is 10.6. The van der Waals surface area contributed by atoms with Crippen LogP contribution in [0.2, 0.25) is 0 Å². The van der Waals surface area contributed by atoms with Gasteiger partial charge in [-0.25, -0.2) is 13.2 Å². The second kappa shape index (κ2) is 9.91. The molecular weight excluding hydrogens is 487 g/mol. The number of aryl methyl sites for hydroxylation is 1. The smallest absolute Gasteiger partial charge is 0.166 e. The highest BCUT2D eigenvalue weighted by Crippen LogP contribution is 2.43. The van der Waals surface area contributed by atoms with Crippen LogP contribution < -0.4 is 10.5 Å². The van der Waals surface area contributed by atoms with Crippen molar-refractivity contribution < 1.29 is 22.7 Å². The molecule has 0 fully saturated rings. The van der Waals surface area contributed by atoms with Gasteiger partial charge in [0.05, 0.1) is 0 Å². The molecule has 0 aliphatic heterocycles. The summed E-state index contributed by atoms with van der Waals surface area (Å²) in [6, 6.07) is 13.7. The van der Waals surface area contributed by atoms with Gasteiger partial charge in [0, 0.05) is 29.2 Å². The third-order valence-corrected chi connectivity index (χ3v) is 7.97. The van der Waals surface area contributed by atoms with Crippen LogP contribution in [-0.2, 0) is 17.6 Å². The van der Waals surface area contributed by atoms with E-state index in [-0.39, 0.29) is 28.6 Å². The molecule has 2 atom stereocenters. The highest BCUT2D eigenvalue weighted by molar-refractivity contribution is 5.97. The number of ketones is 1. The van der Waals surface area contributed by atoms with Gasteiger partial charge in [-0.05, 0) is 92.0 Å². The number of hydrogen-bond donors (Lipinski definition) is 1. The van der Waals surface area contributed by atoms with Gasteiger partial charge < -0.3 is 10.5 Å². The molecule has 0 amide bonds. The fourth-order valence-corrected chi connectivity index (χ4v) is 5.72. The quantitative estimate of drug-likeness (QED) is 0.280. The number of para-hydroxylation sites is 1. The molecule has 3 nitrogen and oxygen atoms in total. The van der Waals surface area contributed by atoms with Gasteiger partial charge in [0.1, 0.15) is 17.3 Å². The third kappa shape index (κ3) is 4.81. The van der Waals surface area contributed by atoms with E-state index < -0.39 is 23.0 Å². The fourth-order valence-electron chi connectivity index (χ4n) is 5.72. The lowest BCUT2D eigenvalue weighted by Gasteiger charge is -2.41. The van der Waals surface area contributed by atoms with E-state index in [1.165, 1.54) is 0 Å². The van der Waals surface area contributed by atoms with Crippen LogP contribution in [0.5, 0.6) is 11.5 Å². The maximum Gasteiger partial charge on any atom is 0.166 e. The van der Waals surface area contributed by atoms with Crippen molar-refractivity contribution in [3.63, 3.8) is 0 Å². The number of fused-ring (bicyclic) bond motifs is 1. The van der Waals surface area contributed by atoms with Crippen molar-refractivity contribution in [2.24, 2.45) is 11.7 Å². The Bertz CT molecular complexity index is 1490. The van der Waals surface area contributed by atoms with Crippen molar-refractivity contribution >= 4 is 5.78 Å². The van der Waals surface area contributed by atoms with Crippen LogP contribution in [0.1, 0.15) is 44.2 Å². The Morgan fingerprint density at radius 2 is 1.79 bits per heavy atom. The Balaban J connectivity index is 1.46. The van der Waals surface area contributed by atoms with E-state index in [9.17, 15) is 18.0 Å². The summed E-state index contributed by atoms with van der Waals surface area (Å²) in [4.78, 5) is 12.8. The van der Waals surface area contributed by atoms with E-state index in [2.05, 4.69) is 6.58 Å². The standard InChI is InChI=1S/C32H30F3NO2/c1-18(2)21-13-27(19(3)29(37)14-21)32(36)11-10-20-8-9-24(12-22(20)17-32)38-30-7-5-4-6-25(30)26-15-23(33)16-28(34)31(26)35/h4-9,12,15-16,21H,1,10-11,13-14,17,36H2,2-3H3. The molecule has 0 heterocycles. The molecule has 0 radical (unpaired) electrons. The summed E-state index contributed by atoms with van der Waals surface area (Å²) in [6.07, 6.45) is 3.26. The second-order valence-electron chi connectivity index (χ2n) is 10.6. The summed E-state index contributed by atoms with van der Waals surface area (Å²) < 4.78 is 48.5. The maximum atomic E-state index is 14.6. The van der Waals surface area contributed by atoms with Gasteiger partial charge in [0.2, 0.25) is 0 Å². The lowest BCUT2D eigenvalue weighted by Crippen LogP contribution is -2.49. The Morgan fingerprint density at radius 3 is 2.55 bits per heavy atom. The Labute approximate surface area is 220 Å². The zero-order chi connectivity index (χ0) is 27.2. The van der Waals surface area contributed by atoms with Crippen molar-refractivity contribution in [2.45, 2.75) is 51.5 Å². The van der Waals surface area contributed by atoms with E-state index in [4.69, 9.17) is 10.5 Å². The number of hydrogen-bond acceptors (Lipinski definition) is 3. The highest BCUT2D eigenvalue weighted by atomic mass is 19.2. The van der Waals surface area contributed by atoms with E-state index in [0.29, 0.717) is 24.7 Å². The molecule has 5 rings (SSSR count). The predicted molar refractivity (Wildman–Crippen MR) is 142 cm³/mol. The zero-order valence-corrected chi connectivity index (χ0v) is 21.5. The van der Waals surface area contributed by atoms with Gasteiger partial charge in [-0.2, -0.15) is 0 Å². The number of nitrogens with two attached hydrogens (primary N) is 1. The Morgan fingerprint density at radius 1 is 1.03 bits per heavy atom. The van der Waals surface area contributed by atoms with Gasteiger partial charge in [0.15, 0.2) is 17.4 Å². The number of carbonyl (C=O) groups is 1. The van der Waals surface area contributed by atoms with Crippen molar-refractivity contribution in [1.82, 2.24) is 0 Å². The number of ether oxygens (including phenoxy) is 1. The monoisotopic (exact) mass is 517 g/mol. The Hall–Kier alpha value is -3.64. The topological polar surface area (TPSA) is 52.3 Å². The summed E-state index contributed by atoms with van der Waals surface area (Å²) in [5.41, 5.74) is 11.3. The summed E-state index contributed by atoms with van der Waals surface area (Å²) in [5, 5.41) is 0. The number of rotatable bonds is 5. The molecule has 2 N–H and O–H groups in total. The van der Waals surface area contributed by atoms with Crippen molar-refractivity contribution in [2.75, 3.05) is 0 Å². The van der Waals surface area contributed by atoms with Gasteiger partial charge in [0.25, 0.3) is 0 Å². The van der Waals surface area contributed by atoms with E-state index in [1.54, 1.807) is 24.3 Å².